The van der Waals surface area contributed by atoms with Crippen LogP contribution in [0.2, 0.25) is 0 Å². The second-order valence-electron chi connectivity index (χ2n) is 7.94. The van der Waals surface area contributed by atoms with Gasteiger partial charge in [0, 0.05) is 24.2 Å². The van der Waals surface area contributed by atoms with E-state index in [4.69, 9.17) is 0 Å². The van der Waals surface area contributed by atoms with Crippen LogP contribution in [0.4, 0.5) is 5.69 Å². The maximum Gasteiger partial charge on any atom is 0.0411 e. The Morgan fingerprint density at radius 1 is 1.00 bits per heavy atom. The van der Waals surface area contributed by atoms with E-state index in [9.17, 15) is 0 Å². The highest BCUT2D eigenvalue weighted by Crippen LogP contribution is 2.47. The molecule has 126 valence electrons. The molecule has 1 nitrogen and oxygen atoms in total. The van der Waals surface area contributed by atoms with E-state index >= 15 is 0 Å². The predicted molar refractivity (Wildman–Crippen MR) is 104 cm³/mol. The highest BCUT2D eigenvalue weighted by atomic mass is 15.2. The first-order valence-electron chi connectivity index (χ1n) is 9.55. The third-order valence-electron chi connectivity index (χ3n) is 6.75. The Balaban J connectivity index is 1.85. The largest absolute Gasteiger partial charge is 0.368 e. The lowest BCUT2D eigenvalue weighted by Gasteiger charge is -2.24. The first-order chi connectivity index (χ1) is 11.5. The molecule has 0 spiro atoms. The molecule has 0 fully saturated rings. The van der Waals surface area contributed by atoms with E-state index in [0.29, 0.717) is 17.9 Å². The van der Waals surface area contributed by atoms with Crippen molar-refractivity contribution in [1.29, 1.82) is 0 Å². The van der Waals surface area contributed by atoms with Crippen molar-refractivity contribution in [1.82, 2.24) is 0 Å². The average Bonchev–Trinajstić information content (AvgIpc) is 3.01. The van der Waals surface area contributed by atoms with Gasteiger partial charge < -0.3 is 4.90 Å². The van der Waals surface area contributed by atoms with Crippen LogP contribution < -0.4 is 4.90 Å². The Kier molecular flexibility index (Phi) is 3.71. The van der Waals surface area contributed by atoms with Gasteiger partial charge in [0.2, 0.25) is 0 Å². The molecule has 0 aromatic heterocycles. The van der Waals surface area contributed by atoms with Crippen molar-refractivity contribution in [3.63, 3.8) is 0 Å². The van der Waals surface area contributed by atoms with Crippen LogP contribution in [0.15, 0.2) is 36.4 Å². The maximum atomic E-state index is 2.56. The van der Waals surface area contributed by atoms with Crippen LogP contribution in [0, 0.1) is 5.92 Å². The molecule has 2 aromatic rings. The molecule has 2 aliphatic rings. The lowest BCUT2D eigenvalue weighted by atomic mass is 9.88. The zero-order valence-corrected chi connectivity index (χ0v) is 15.6. The van der Waals surface area contributed by atoms with Gasteiger partial charge in [0.15, 0.2) is 0 Å². The fraction of sp³-hybridized carbons (Fsp3) is 0.478. The summed E-state index contributed by atoms with van der Waals surface area (Å²) < 4.78 is 0. The Morgan fingerprint density at radius 2 is 1.79 bits per heavy atom. The molecule has 0 unspecified atom stereocenters. The minimum Gasteiger partial charge on any atom is -0.368 e. The quantitative estimate of drug-likeness (QED) is 0.658. The number of rotatable bonds is 2. The van der Waals surface area contributed by atoms with Crippen LogP contribution in [0.3, 0.4) is 0 Å². The van der Waals surface area contributed by atoms with Crippen LogP contribution in [0.5, 0.6) is 0 Å². The monoisotopic (exact) mass is 319 g/mol. The van der Waals surface area contributed by atoms with E-state index in [1.54, 1.807) is 16.7 Å². The first-order valence-corrected chi connectivity index (χ1v) is 9.55. The molecule has 1 aliphatic carbocycles. The number of fused-ring (bicyclic) bond motifs is 2. The summed E-state index contributed by atoms with van der Waals surface area (Å²) in [5.74, 6) is 2.03. The van der Waals surface area contributed by atoms with Gasteiger partial charge in [-0.15, -0.1) is 0 Å². The third-order valence-corrected chi connectivity index (χ3v) is 6.75. The molecule has 4 rings (SSSR count). The molecular weight excluding hydrogens is 290 g/mol. The second-order valence-corrected chi connectivity index (χ2v) is 7.94. The van der Waals surface area contributed by atoms with Gasteiger partial charge in [0.05, 0.1) is 0 Å². The summed E-state index contributed by atoms with van der Waals surface area (Å²) in [7, 11) is 0. The summed E-state index contributed by atoms with van der Waals surface area (Å²) in [6.07, 6.45) is 1.24. The number of nitrogens with zero attached hydrogens (tertiary/aromatic N) is 1. The van der Waals surface area contributed by atoms with Gasteiger partial charge in [0.25, 0.3) is 0 Å². The van der Waals surface area contributed by atoms with Gasteiger partial charge >= 0.3 is 0 Å². The average molecular weight is 319 g/mol. The zero-order valence-electron chi connectivity index (χ0n) is 15.6. The van der Waals surface area contributed by atoms with Gasteiger partial charge in [-0.25, -0.2) is 0 Å². The van der Waals surface area contributed by atoms with Crippen LogP contribution in [0.25, 0.3) is 11.1 Å². The first kappa shape index (κ1) is 15.7. The highest BCUT2D eigenvalue weighted by Gasteiger charge is 2.34. The molecule has 0 amide bonds. The molecule has 0 saturated heterocycles. The van der Waals surface area contributed by atoms with Crippen molar-refractivity contribution in [3.8, 4) is 11.1 Å². The molecule has 24 heavy (non-hydrogen) atoms. The van der Waals surface area contributed by atoms with E-state index in [1.165, 1.54) is 23.2 Å². The topological polar surface area (TPSA) is 3.24 Å². The fourth-order valence-electron chi connectivity index (χ4n) is 4.92. The second kappa shape index (κ2) is 5.65. The van der Waals surface area contributed by atoms with Gasteiger partial charge in [-0.2, -0.15) is 0 Å². The molecule has 1 aliphatic heterocycles. The summed E-state index contributed by atoms with van der Waals surface area (Å²) in [5.41, 5.74) is 8.97. The lowest BCUT2D eigenvalue weighted by Crippen LogP contribution is -2.30. The normalized spacial score (nSPS) is 28.1. The highest BCUT2D eigenvalue weighted by molar-refractivity contribution is 5.79. The lowest BCUT2D eigenvalue weighted by molar-refractivity contribution is 0.532. The van der Waals surface area contributed by atoms with Crippen molar-refractivity contribution in [2.24, 2.45) is 5.92 Å². The summed E-state index contributed by atoms with van der Waals surface area (Å²) in [5, 5.41) is 0. The number of anilines is 1. The maximum absolute atomic E-state index is 2.56. The van der Waals surface area contributed by atoms with Crippen LogP contribution in [0.1, 0.15) is 63.1 Å². The van der Waals surface area contributed by atoms with E-state index in [2.05, 4.69) is 75.9 Å². The van der Waals surface area contributed by atoms with Crippen molar-refractivity contribution in [3.05, 3.63) is 53.1 Å². The van der Waals surface area contributed by atoms with Crippen molar-refractivity contribution < 1.29 is 0 Å². The van der Waals surface area contributed by atoms with Crippen molar-refractivity contribution >= 4 is 5.69 Å². The number of likely N-dealkylation sites (N-methyl/N-ethyl adjacent to an activating group) is 1. The molecule has 0 saturated carbocycles. The standard InChI is InChI=1S/C23H29N/c1-6-24-17(5)16(4)23-20(8-7-9-22(23)24)19-11-10-18-12-14(2)15(3)21(18)13-19/h7-11,13-17H,6,12H2,1-5H3/t14-,15-,16-,17+/m1/s1. The molecular formula is C23H29N. The molecule has 1 heterocycles. The van der Waals surface area contributed by atoms with Gasteiger partial charge in [0.1, 0.15) is 0 Å². The molecule has 0 bridgehead atoms. The molecule has 0 radical (unpaired) electrons. The SMILES string of the molecule is CCN1c2cccc(-c3ccc4c(c3)[C@H](C)[C@H](C)C4)c2[C@H](C)[C@@H]1C. The van der Waals surface area contributed by atoms with Crippen LogP contribution in [-0.4, -0.2) is 12.6 Å². The Bertz CT molecular complexity index is 776. The number of hydrogen-bond donors (Lipinski definition) is 0. The molecule has 0 N–H and O–H groups in total. The number of hydrogen-bond acceptors (Lipinski definition) is 1. The van der Waals surface area contributed by atoms with Gasteiger partial charge in [-0.3, -0.25) is 0 Å². The third kappa shape index (κ3) is 2.13. The summed E-state index contributed by atoms with van der Waals surface area (Å²) in [6.45, 7) is 12.9. The fourth-order valence-corrected chi connectivity index (χ4v) is 4.92. The summed E-state index contributed by atoms with van der Waals surface area (Å²) in [6, 6.07) is 14.7. The van der Waals surface area contributed by atoms with E-state index in [0.717, 1.165) is 12.5 Å². The number of benzene rings is 2. The smallest absolute Gasteiger partial charge is 0.0411 e. The zero-order chi connectivity index (χ0) is 17.0. The Labute approximate surface area is 146 Å². The van der Waals surface area contributed by atoms with Crippen molar-refractivity contribution in [2.75, 3.05) is 11.4 Å². The Hall–Kier alpha value is -1.76. The van der Waals surface area contributed by atoms with Gasteiger partial charge in [-0.1, -0.05) is 51.1 Å². The van der Waals surface area contributed by atoms with Crippen molar-refractivity contribution in [2.45, 2.75) is 58.9 Å². The summed E-state index contributed by atoms with van der Waals surface area (Å²) in [4.78, 5) is 2.56. The summed E-state index contributed by atoms with van der Waals surface area (Å²) >= 11 is 0. The van der Waals surface area contributed by atoms with Crippen LogP contribution >= 0.6 is 0 Å². The van der Waals surface area contributed by atoms with E-state index in [-0.39, 0.29) is 0 Å². The molecule has 1 heteroatoms. The van der Waals surface area contributed by atoms with E-state index < -0.39 is 0 Å². The minimum absolute atomic E-state index is 0.583. The van der Waals surface area contributed by atoms with E-state index in [1.807, 2.05) is 0 Å². The van der Waals surface area contributed by atoms with Gasteiger partial charge in [-0.05, 0) is 66.0 Å². The van der Waals surface area contributed by atoms with Crippen LogP contribution in [-0.2, 0) is 6.42 Å². The predicted octanol–water partition coefficient (Wildman–Crippen LogP) is 5.98. The minimum atomic E-state index is 0.583. The molecule has 4 atom stereocenters. The molecule has 2 aromatic carbocycles. The Morgan fingerprint density at radius 3 is 2.54 bits per heavy atom.